The fourth-order valence-electron chi connectivity index (χ4n) is 3.63. The molecule has 174 valence electrons. The number of hydrogen-bond acceptors (Lipinski definition) is 6. The van der Waals surface area contributed by atoms with Crippen molar-refractivity contribution < 1.29 is 0 Å². The molecule has 0 amide bonds. The van der Waals surface area contributed by atoms with Crippen LogP contribution in [0, 0.1) is 22.7 Å². The lowest BCUT2D eigenvalue weighted by molar-refractivity contribution is 1.34. The first kappa shape index (κ1) is 24.8. The molecule has 0 atom stereocenters. The molecule has 4 rings (SSSR count). The Hall–Kier alpha value is -4.36. The quantitative estimate of drug-likeness (QED) is 0.156. The van der Waals surface area contributed by atoms with Crippen LogP contribution in [0.5, 0.6) is 0 Å². The van der Waals surface area contributed by atoms with E-state index >= 15 is 0 Å². The molecule has 0 aromatic heterocycles. The fraction of sp³-hybridized carbons (Fsp3) is 0. The van der Waals surface area contributed by atoms with E-state index < -0.39 is 0 Å². The summed E-state index contributed by atoms with van der Waals surface area (Å²) in [7, 11) is 0. The van der Waals surface area contributed by atoms with E-state index in [2.05, 4.69) is 12.1 Å². The summed E-state index contributed by atoms with van der Waals surface area (Å²) in [4.78, 5) is 1.76. The first-order valence-corrected chi connectivity index (χ1v) is 12.7. The van der Waals surface area contributed by atoms with Crippen molar-refractivity contribution >= 4 is 23.5 Å². The van der Waals surface area contributed by atoms with Gasteiger partial charge >= 0.3 is 0 Å². The number of allylic oxidation sites excluding steroid dienone is 2. The number of rotatable bonds is 7. The summed E-state index contributed by atoms with van der Waals surface area (Å²) in [5, 5.41) is 20.4. The molecule has 0 saturated carbocycles. The van der Waals surface area contributed by atoms with Gasteiger partial charge in [-0.2, -0.15) is 10.5 Å². The number of nitrogens with zero attached hydrogens (tertiary/aromatic N) is 2. The highest BCUT2D eigenvalue weighted by molar-refractivity contribution is 8.03. The summed E-state index contributed by atoms with van der Waals surface area (Å²) in [6, 6.07) is 39.7. The summed E-state index contributed by atoms with van der Waals surface area (Å²) in [6.07, 6.45) is 0. The van der Waals surface area contributed by atoms with Crippen LogP contribution in [0.3, 0.4) is 0 Å². The number of thioether (sulfide) groups is 2. The van der Waals surface area contributed by atoms with E-state index in [1.807, 2.05) is 109 Å². The topological polar surface area (TPSA) is 99.6 Å². The molecule has 0 fully saturated rings. The molecule has 0 saturated heterocycles. The number of nitrogens with two attached hydrogens (primary N) is 2. The lowest BCUT2D eigenvalue weighted by Crippen LogP contribution is -2.05. The third kappa shape index (κ3) is 5.64. The monoisotopic (exact) mass is 502 g/mol. The van der Waals surface area contributed by atoms with Crippen LogP contribution >= 0.6 is 23.5 Å². The second-order valence-corrected chi connectivity index (χ2v) is 9.80. The smallest absolute Gasteiger partial charge is 0.103 e. The van der Waals surface area contributed by atoms with Gasteiger partial charge in [-0.1, -0.05) is 121 Å². The highest BCUT2D eigenvalue weighted by atomic mass is 32.2. The van der Waals surface area contributed by atoms with Crippen LogP contribution in [0.1, 0.15) is 0 Å². The Morgan fingerprint density at radius 1 is 0.500 bits per heavy atom. The molecule has 0 spiro atoms. The van der Waals surface area contributed by atoms with E-state index in [1.54, 1.807) is 0 Å². The van der Waals surface area contributed by atoms with E-state index in [9.17, 15) is 10.5 Å². The maximum Gasteiger partial charge on any atom is 0.103 e. The van der Waals surface area contributed by atoms with Crippen LogP contribution in [0.4, 0.5) is 0 Å². The SMILES string of the molecule is N#CC(=C(/N)Sc1ccccc1-c1ccccc1)/C(C#N)=C(\N)Sc1ccccc1-c1ccccc1. The summed E-state index contributed by atoms with van der Waals surface area (Å²) >= 11 is 2.50. The van der Waals surface area contributed by atoms with Crippen molar-refractivity contribution in [1.82, 2.24) is 0 Å². The summed E-state index contributed by atoms with van der Waals surface area (Å²) in [5.41, 5.74) is 17.0. The maximum absolute atomic E-state index is 9.96. The van der Waals surface area contributed by atoms with Crippen molar-refractivity contribution in [3.8, 4) is 34.4 Å². The van der Waals surface area contributed by atoms with E-state index in [0.717, 1.165) is 32.0 Å². The summed E-state index contributed by atoms with van der Waals surface area (Å²) < 4.78 is 0. The molecule has 4 aromatic carbocycles. The van der Waals surface area contributed by atoms with Gasteiger partial charge in [0.25, 0.3) is 0 Å². The molecule has 6 heteroatoms. The number of nitriles is 2. The summed E-state index contributed by atoms with van der Waals surface area (Å²) in [6.45, 7) is 0. The minimum atomic E-state index is 0.0626. The second kappa shape index (κ2) is 11.9. The Kier molecular flexibility index (Phi) is 8.16. The average molecular weight is 503 g/mol. The molecule has 0 heterocycles. The lowest BCUT2D eigenvalue weighted by Gasteiger charge is -2.12. The van der Waals surface area contributed by atoms with Crippen molar-refractivity contribution in [2.75, 3.05) is 0 Å². The van der Waals surface area contributed by atoms with Crippen LogP contribution < -0.4 is 11.5 Å². The Morgan fingerprint density at radius 3 is 1.19 bits per heavy atom. The van der Waals surface area contributed by atoms with Crippen LogP contribution in [0.2, 0.25) is 0 Å². The van der Waals surface area contributed by atoms with E-state index in [-0.39, 0.29) is 21.2 Å². The molecule has 4 aromatic rings. The Balaban J connectivity index is 1.70. The minimum absolute atomic E-state index is 0.0626. The van der Waals surface area contributed by atoms with E-state index in [0.29, 0.717) is 0 Å². The average Bonchev–Trinajstić information content (AvgIpc) is 2.93. The molecular formula is C30H22N4S2. The summed E-state index contributed by atoms with van der Waals surface area (Å²) in [5.74, 6) is 0. The van der Waals surface area contributed by atoms with E-state index in [4.69, 9.17) is 11.5 Å². The van der Waals surface area contributed by atoms with Crippen molar-refractivity contribution in [3.05, 3.63) is 130 Å². The molecule has 4 nitrogen and oxygen atoms in total. The Labute approximate surface area is 219 Å². The number of hydrogen-bond donors (Lipinski definition) is 2. The van der Waals surface area contributed by atoms with Crippen LogP contribution in [-0.2, 0) is 0 Å². The van der Waals surface area contributed by atoms with Crippen molar-refractivity contribution in [3.63, 3.8) is 0 Å². The van der Waals surface area contributed by atoms with Crippen molar-refractivity contribution in [2.24, 2.45) is 11.5 Å². The molecule has 0 aliphatic carbocycles. The molecule has 0 unspecified atom stereocenters. The molecular weight excluding hydrogens is 480 g/mol. The Morgan fingerprint density at radius 2 is 0.833 bits per heavy atom. The van der Waals surface area contributed by atoms with Gasteiger partial charge in [-0.05, 0) is 34.4 Å². The molecule has 0 bridgehead atoms. The van der Waals surface area contributed by atoms with Crippen LogP contribution in [0.15, 0.2) is 140 Å². The highest BCUT2D eigenvalue weighted by Gasteiger charge is 2.18. The standard InChI is InChI=1S/C30H22N4S2/c31-19-25(29(33)35-27-17-9-7-15-23(27)21-11-3-1-4-12-21)26(20-32)30(34)36-28-18-10-8-16-24(28)22-13-5-2-6-14-22/h1-18H,33-34H2/b29-25+,30-26+. The van der Waals surface area contributed by atoms with Gasteiger partial charge in [-0.25, -0.2) is 0 Å². The van der Waals surface area contributed by atoms with Crippen molar-refractivity contribution in [2.45, 2.75) is 9.79 Å². The van der Waals surface area contributed by atoms with E-state index in [1.165, 1.54) is 23.5 Å². The molecule has 36 heavy (non-hydrogen) atoms. The van der Waals surface area contributed by atoms with Crippen molar-refractivity contribution in [1.29, 1.82) is 10.5 Å². The van der Waals surface area contributed by atoms with Gasteiger partial charge in [0.05, 0.1) is 10.1 Å². The zero-order valence-electron chi connectivity index (χ0n) is 19.3. The number of benzene rings is 4. The second-order valence-electron chi connectivity index (χ2n) is 7.63. The van der Waals surface area contributed by atoms with Gasteiger partial charge in [0.15, 0.2) is 0 Å². The largest absolute Gasteiger partial charge is 0.392 e. The predicted octanol–water partition coefficient (Wildman–Crippen LogP) is 7.29. The maximum atomic E-state index is 9.96. The minimum Gasteiger partial charge on any atom is -0.392 e. The van der Waals surface area contributed by atoms with Gasteiger partial charge < -0.3 is 11.5 Å². The normalized spacial score (nSPS) is 12.1. The van der Waals surface area contributed by atoms with Gasteiger partial charge in [0.1, 0.15) is 23.3 Å². The molecule has 0 aliphatic heterocycles. The third-order valence-electron chi connectivity index (χ3n) is 5.35. The Bertz CT molecular complexity index is 1400. The van der Waals surface area contributed by atoms with Gasteiger partial charge in [-0.3, -0.25) is 0 Å². The van der Waals surface area contributed by atoms with Gasteiger partial charge in [-0.15, -0.1) is 0 Å². The first-order chi connectivity index (χ1) is 17.6. The third-order valence-corrected chi connectivity index (χ3v) is 7.35. The zero-order valence-corrected chi connectivity index (χ0v) is 20.9. The highest BCUT2D eigenvalue weighted by Crippen LogP contribution is 2.38. The van der Waals surface area contributed by atoms with Crippen LogP contribution in [0.25, 0.3) is 22.3 Å². The van der Waals surface area contributed by atoms with Gasteiger partial charge in [0, 0.05) is 9.79 Å². The first-order valence-electron chi connectivity index (χ1n) is 11.1. The molecule has 4 N–H and O–H groups in total. The predicted molar refractivity (Wildman–Crippen MR) is 149 cm³/mol. The lowest BCUT2D eigenvalue weighted by atomic mass is 10.1. The molecule has 0 aliphatic rings. The van der Waals surface area contributed by atoms with Gasteiger partial charge in [0.2, 0.25) is 0 Å². The van der Waals surface area contributed by atoms with Crippen LogP contribution in [-0.4, -0.2) is 0 Å². The molecule has 0 radical (unpaired) electrons. The fourth-order valence-corrected chi connectivity index (χ4v) is 5.49. The zero-order chi connectivity index (χ0) is 25.3.